The molecule has 0 aromatic rings. The molecule has 3 atom stereocenters. The SMILES string of the molecule is C[NH+]1C[NH+]2C[NH2+]C[C@]([N+](=O)[O-])(C1)C2. The molecule has 0 radical (unpaired) electrons. The first-order valence-electron chi connectivity index (χ1n) is 4.73. The minimum atomic E-state index is -0.657. The number of hydrogen-bond donors (Lipinski definition) is 3. The predicted octanol–water partition coefficient (Wildman–Crippen LogP) is -5.09. The van der Waals surface area contributed by atoms with Crippen LogP contribution in [0.25, 0.3) is 0 Å². The molecule has 2 unspecified atom stereocenters. The van der Waals surface area contributed by atoms with Crippen molar-refractivity contribution in [1.29, 1.82) is 0 Å². The summed E-state index contributed by atoms with van der Waals surface area (Å²) in [6.07, 6.45) is 0. The zero-order valence-corrected chi connectivity index (χ0v) is 7.88. The Morgan fingerprint density at radius 2 is 2.31 bits per heavy atom. The number of hydrogen-bond acceptors (Lipinski definition) is 2. The van der Waals surface area contributed by atoms with Crippen molar-refractivity contribution in [1.82, 2.24) is 0 Å². The summed E-state index contributed by atoms with van der Waals surface area (Å²) in [6, 6.07) is 0. The fraction of sp³-hybridized carbons (Fsp3) is 1.00. The number of likely N-dealkylation sites (N-methyl/N-ethyl adjacent to an activating group) is 1. The highest BCUT2D eigenvalue weighted by Gasteiger charge is 2.58. The maximum atomic E-state index is 11.0. The van der Waals surface area contributed by atoms with Crippen LogP contribution in [0.2, 0.25) is 0 Å². The van der Waals surface area contributed by atoms with Gasteiger partial charge in [0, 0.05) is 4.92 Å². The van der Waals surface area contributed by atoms with Gasteiger partial charge in [0.1, 0.15) is 0 Å². The fourth-order valence-electron chi connectivity index (χ4n) is 2.68. The number of nitrogens with two attached hydrogens (primary N) is 1. The van der Waals surface area contributed by atoms with Crippen LogP contribution < -0.4 is 15.1 Å². The second-order valence-corrected chi connectivity index (χ2v) is 4.42. The van der Waals surface area contributed by atoms with Gasteiger partial charge in [-0.3, -0.25) is 20.3 Å². The summed E-state index contributed by atoms with van der Waals surface area (Å²) in [5, 5.41) is 13.1. The van der Waals surface area contributed by atoms with Crippen LogP contribution >= 0.6 is 0 Å². The summed E-state index contributed by atoms with van der Waals surface area (Å²) in [5.41, 5.74) is -0.657. The van der Waals surface area contributed by atoms with E-state index in [2.05, 4.69) is 5.32 Å². The van der Waals surface area contributed by atoms with Gasteiger partial charge in [-0.2, -0.15) is 0 Å². The molecule has 2 heterocycles. The minimum Gasteiger partial charge on any atom is -0.293 e. The molecule has 0 spiro atoms. The standard InChI is InChI=1S/C7H14N4O2/c1-9-3-7(11(12)13)2-8-5-10(4-7)6-9/h8H,2-6H2,1H3/p+3/t7-/m0/s1. The maximum Gasteiger partial charge on any atom is 0.364 e. The van der Waals surface area contributed by atoms with Crippen LogP contribution in [0, 0.1) is 10.1 Å². The van der Waals surface area contributed by atoms with E-state index < -0.39 is 5.54 Å². The Morgan fingerprint density at radius 1 is 1.54 bits per heavy atom. The Hall–Kier alpha value is -0.720. The van der Waals surface area contributed by atoms with Crippen LogP contribution in [-0.4, -0.2) is 50.5 Å². The van der Waals surface area contributed by atoms with Gasteiger partial charge < -0.3 is 0 Å². The molecular weight excluding hydrogens is 172 g/mol. The third-order valence-corrected chi connectivity index (χ3v) is 3.11. The highest BCUT2D eigenvalue weighted by atomic mass is 16.6. The van der Waals surface area contributed by atoms with Gasteiger partial charge in [0.2, 0.25) is 13.3 Å². The monoisotopic (exact) mass is 189 g/mol. The van der Waals surface area contributed by atoms with Crippen molar-refractivity contribution in [2.75, 3.05) is 40.0 Å². The summed E-state index contributed by atoms with van der Waals surface area (Å²) in [7, 11) is 2.04. The van der Waals surface area contributed by atoms with Crippen LogP contribution in [-0.2, 0) is 0 Å². The molecule has 0 aromatic heterocycles. The number of fused-ring (bicyclic) bond motifs is 2. The van der Waals surface area contributed by atoms with Crippen molar-refractivity contribution in [3.05, 3.63) is 10.1 Å². The van der Waals surface area contributed by atoms with Crippen molar-refractivity contribution < 1.29 is 20.0 Å². The Morgan fingerprint density at radius 3 is 3.00 bits per heavy atom. The zero-order valence-electron chi connectivity index (χ0n) is 7.88. The molecule has 6 heteroatoms. The molecule has 2 rings (SSSR count). The lowest BCUT2D eigenvalue weighted by Crippen LogP contribution is -3.41. The van der Waals surface area contributed by atoms with Crippen molar-refractivity contribution in [3.8, 4) is 0 Å². The van der Waals surface area contributed by atoms with Gasteiger partial charge in [0.15, 0.2) is 19.6 Å². The maximum absolute atomic E-state index is 11.0. The van der Waals surface area contributed by atoms with Crippen molar-refractivity contribution in [3.63, 3.8) is 0 Å². The minimum absolute atomic E-state index is 0.0642. The Kier molecular flexibility index (Phi) is 1.98. The van der Waals surface area contributed by atoms with E-state index in [1.807, 2.05) is 7.05 Å². The highest BCUT2D eigenvalue weighted by molar-refractivity contribution is 4.78. The van der Waals surface area contributed by atoms with Crippen molar-refractivity contribution in [2.45, 2.75) is 5.54 Å². The van der Waals surface area contributed by atoms with Gasteiger partial charge in [-0.25, -0.2) is 4.90 Å². The second kappa shape index (κ2) is 2.90. The average molecular weight is 189 g/mol. The summed E-state index contributed by atoms with van der Waals surface area (Å²) in [4.78, 5) is 13.6. The van der Waals surface area contributed by atoms with E-state index in [-0.39, 0.29) is 4.92 Å². The lowest BCUT2D eigenvalue weighted by atomic mass is 9.95. The molecule has 6 nitrogen and oxygen atoms in total. The van der Waals surface area contributed by atoms with Crippen LogP contribution in [0.1, 0.15) is 0 Å². The van der Waals surface area contributed by atoms with Crippen molar-refractivity contribution >= 4 is 0 Å². The summed E-state index contributed by atoms with van der Waals surface area (Å²) in [5.74, 6) is 0. The smallest absolute Gasteiger partial charge is 0.293 e. The van der Waals surface area contributed by atoms with Gasteiger partial charge in [0.05, 0.1) is 7.05 Å². The van der Waals surface area contributed by atoms with E-state index >= 15 is 0 Å². The molecular formula is C7H17N4O2+3. The predicted molar refractivity (Wildman–Crippen MR) is 43.8 cm³/mol. The first kappa shape index (κ1) is 8.86. The van der Waals surface area contributed by atoms with Crippen molar-refractivity contribution in [2.24, 2.45) is 0 Å². The zero-order chi connectivity index (χ0) is 9.47. The molecule has 74 valence electrons. The molecule has 2 aliphatic rings. The van der Waals surface area contributed by atoms with E-state index in [1.54, 1.807) is 0 Å². The number of rotatable bonds is 1. The second-order valence-electron chi connectivity index (χ2n) is 4.42. The molecule has 13 heavy (non-hydrogen) atoms. The fourth-order valence-corrected chi connectivity index (χ4v) is 2.68. The number of nitrogens with zero attached hydrogens (tertiary/aromatic N) is 1. The lowest BCUT2D eigenvalue weighted by Gasteiger charge is -2.37. The Balaban J connectivity index is 2.20. The van der Waals surface area contributed by atoms with Crippen LogP contribution in [0.15, 0.2) is 0 Å². The molecule has 2 fully saturated rings. The quantitative estimate of drug-likeness (QED) is 0.285. The number of nitro groups is 1. The molecule has 4 N–H and O–H groups in total. The summed E-state index contributed by atoms with van der Waals surface area (Å²) >= 11 is 0. The third-order valence-electron chi connectivity index (χ3n) is 3.11. The van der Waals surface area contributed by atoms with Gasteiger partial charge in [-0.1, -0.05) is 0 Å². The molecule has 0 aromatic carbocycles. The molecule has 2 bridgehead atoms. The Bertz CT molecular complexity index is 231. The van der Waals surface area contributed by atoms with Gasteiger partial charge in [-0.05, 0) is 0 Å². The van der Waals surface area contributed by atoms with E-state index in [0.717, 1.165) is 13.3 Å². The number of nitrogens with one attached hydrogen (secondary N) is 2. The van der Waals surface area contributed by atoms with Gasteiger partial charge in [0.25, 0.3) is 0 Å². The largest absolute Gasteiger partial charge is 0.364 e. The first-order chi connectivity index (χ1) is 6.12. The van der Waals surface area contributed by atoms with E-state index in [9.17, 15) is 10.1 Å². The number of quaternary nitrogens is 3. The Labute approximate surface area is 76.6 Å². The van der Waals surface area contributed by atoms with Crippen LogP contribution in [0.4, 0.5) is 0 Å². The van der Waals surface area contributed by atoms with E-state index in [1.165, 1.54) is 9.80 Å². The summed E-state index contributed by atoms with van der Waals surface area (Å²) < 4.78 is 0. The molecule has 2 aliphatic heterocycles. The van der Waals surface area contributed by atoms with E-state index in [4.69, 9.17) is 0 Å². The molecule has 0 saturated carbocycles. The van der Waals surface area contributed by atoms with Gasteiger partial charge in [-0.15, -0.1) is 0 Å². The third kappa shape index (κ3) is 1.41. The normalized spacial score (nSPS) is 44.4. The van der Waals surface area contributed by atoms with Crippen LogP contribution in [0.3, 0.4) is 0 Å². The van der Waals surface area contributed by atoms with Gasteiger partial charge >= 0.3 is 5.54 Å². The van der Waals surface area contributed by atoms with Crippen LogP contribution in [0.5, 0.6) is 0 Å². The molecule has 0 aliphatic carbocycles. The molecule has 2 saturated heterocycles. The first-order valence-corrected chi connectivity index (χ1v) is 4.73. The van der Waals surface area contributed by atoms with E-state index in [0.29, 0.717) is 19.6 Å². The lowest BCUT2D eigenvalue weighted by molar-refractivity contribution is -1.16. The summed E-state index contributed by atoms with van der Waals surface area (Å²) in [6.45, 7) is 4.06. The molecule has 0 amide bonds. The topological polar surface area (TPSA) is 68.6 Å². The average Bonchev–Trinajstić information content (AvgIpc) is 2.02. The highest BCUT2D eigenvalue weighted by Crippen LogP contribution is 2.04.